The maximum Gasteiger partial charge on any atom is 0.191 e. The summed E-state index contributed by atoms with van der Waals surface area (Å²) in [7, 11) is -1.18. The highest BCUT2D eigenvalue weighted by molar-refractivity contribution is 14.0. The lowest BCUT2D eigenvalue weighted by Crippen LogP contribution is -2.43. The van der Waals surface area contributed by atoms with E-state index >= 15 is 0 Å². The second-order valence-corrected chi connectivity index (χ2v) is 9.73. The minimum Gasteiger partial charge on any atom is -0.372 e. The van der Waals surface area contributed by atoms with Crippen LogP contribution in [0, 0.1) is 5.92 Å². The molecule has 0 spiro atoms. The van der Waals surface area contributed by atoms with Crippen LogP contribution in [-0.4, -0.2) is 52.1 Å². The first kappa shape index (κ1) is 22.3. The molecule has 3 rings (SSSR count). The predicted molar refractivity (Wildman–Crippen MR) is 123 cm³/mol. The highest BCUT2D eigenvalue weighted by Gasteiger charge is 2.28. The molecule has 2 fully saturated rings. The number of nitrogens with one attached hydrogen (secondary N) is 2. The largest absolute Gasteiger partial charge is 0.372 e. The molecule has 2 N–H and O–H groups in total. The second-order valence-electron chi connectivity index (χ2n) is 7.51. The molecule has 27 heavy (non-hydrogen) atoms. The third kappa shape index (κ3) is 6.51. The molecule has 2 aliphatic rings. The molecule has 0 bridgehead atoms. The zero-order chi connectivity index (χ0) is 18.6. The lowest BCUT2D eigenvalue weighted by molar-refractivity contribution is 0.438. The Kier molecular flexibility index (Phi) is 8.20. The Hall–Kier alpha value is -1.03. The van der Waals surface area contributed by atoms with Crippen LogP contribution in [0.1, 0.15) is 31.7 Å². The molecule has 0 aliphatic carbocycles. The molecule has 0 aromatic heterocycles. The summed E-state index contributed by atoms with van der Waals surface area (Å²) in [4.78, 5) is 6.66. The van der Waals surface area contributed by atoms with E-state index < -0.39 is 9.84 Å². The maximum absolute atomic E-state index is 11.6. The van der Waals surface area contributed by atoms with E-state index in [-0.39, 0.29) is 41.5 Å². The lowest BCUT2D eigenvalue weighted by Gasteiger charge is -2.32. The van der Waals surface area contributed by atoms with Gasteiger partial charge in [-0.2, -0.15) is 0 Å². The minimum atomic E-state index is -2.89. The Morgan fingerprint density at radius 3 is 2.41 bits per heavy atom. The van der Waals surface area contributed by atoms with E-state index in [2.05, 4.69) is 51.7 Å². The Balaban J connectivity index is 0.00000261. The predicted octanol–water partition coefficient (Wildman–Crippen LogP) is 2.39. The van der Waals surface area contributed by atoms with Gasteiger partial charge in [0.25, 0.3) is 0 Å². The van der Waals surface area contributed by atoms with Gasteiger partial charge in [-0.3, -0.25) is 4.99 Å². The molecule has 8 heteroatoms. The van der Waals surface area contributed by atoms with Crippen LogP contribution in [0.3, 0.4) is 0 Å². The topological polar surface area (TPSA) is 73.8 Å². The van der Waals surface area contributed by atoms with E-state index in [1.165, 1.54) is 24.1 Å². The average molecular weight is 506 g/mol. The fourth-order valence-corrected chi connectivity index (χ4v) is 5.25. The van der Waals surface area contributed by atoms with Crippen molar-refractivity contribution >= 4 is 45.5 Å². The molecule has 2 saturated heterocycles. The van der Waals surface area contributed by atoms with Crippen LogP contribution in [0.4, 0.5) is 5.69 Å². The first-order chi connectivity index (χ1) is 12.4. The molecule has 1 atom stereocenters. The molecule has 0 amide bonds. The van der Waals surface area contributed by atoms with Gasteiger partial charge in [-0.25, -0.2) is 8.42 Å². The summed E-state index contributed by atoms with van der Waals surface area (Å²) in [5.74, 6) is 1.94. The van der Waals surface area contributed by atoms with Crippen LogP contribution in [0.5, 0.6) is 0 Å². The number of nitrogens with zero attached hydrogens (tertiary/aromatic N) is 2. The van der Waals surface area contributed by atoms with Gasteiger partial charge in [-0.1, -0.05) is 19.1 Å². The highest BCUT2D eigenvalue weighted by atomic mass is 127. The highest BCUT2D eigenvalue weighted by Crippen LogP contribution is 2.23. The summed E-state index contributed by atoms with van der Waals surface area (Å²) in [6.45, 7) is 5.27. The standard InChI is InChI=1S/C19H30N4O2S.HI/c1-15-7-10-23(11-8-15)18-5-3-16(4-6-18)13-21-19(20-2)22-17-9-12-26(24,25)14-17;/h3-6,15,17H,7-14H2,1-2H3,(H2,20,21,22);1H. The van der Waals surface area contributed by atoms with Gasteiger partial charge in [-0.05, 0) is 42.9 Å². The van der Waals surface area contributed by atoms with Crippen molar-refractivity contribution in [2.75, 3.05) is 36.5 Å². The molecular weight excluding hydrogens is 475 g/mol. The van der Waals surface area contributed by atoms with E-state index in [1.807, 2.05) is 0 Å². The second kappa shape index (κ2) is 9.95. The Morgan fingerprint density at radius 1 is 1.19 bits per heavy atom. The fraction of sp³-hybridized carbons (Fsp3) is 0.632. The third-order valence-corrected chi connectivity index (χ3v) is 7.11. The molecule has 1 aromatic rings. The van der Waals surface area contributed by atoms with Crippen LogP contribution < -0.4 is 15.5 Å². The summed E-state index contributed by atoms with van der Waals surface area (Å²) in [6.07, 6.45) is 3.18. The van der Waals surface area contributed by atoms with Crippen LogP contribution in [-0.2, 0) is 16.4 Å². The van der Waals surface area contributed by atoms with Gasteiger partial charge in [0.05, 0.1) is 11.5 Å². The van der Waals surface area contributed by atoms with Gasteiger partial charge in [0.1, 0.15) is 0 Å². The van der Waals surface area contributed by atoms with Crippen LogP contribution in [0.2, 0.25) is 0 Å². The minimum absolute atomic E-state index is 0. The van der Waals surface area contributed by atoms with Gasteiger partial charge < -0.3 is 15.5 Å². The lowest BCUT2D eigenvalue weighted by atomic mass is 9.99. The molecule has 1 unspecified atom stereocenters. The summed E-state index contributed by atoms with van der Waals surface area (Å²) in [5, 5.41) is 6.49. The van der Waals surface area contributed by atoms with Gasteiger partial charge in [-0.15, -0.1) is 24.0 Å². The summed E-state index contributed by atoms with van der Waals surface area (Å²) < 4.78 is 23.1. The van der Waals surface area contributed by atoms with E-state index in [9.17, 15) is 8.42 Å². The number of piperidine rings is 1. The molecule has 2 heterocycles. The zero-order valence-electron chi connectivity index (χ0n) is 16.1. The number of benzene rings is 1. The zero-order valence-corrected chi connectivity index (χ0v) is 19.3. The van der Waals surface area contributed by atoms with Crippen LogP contribution in [0.25, 0.3) is 0 Å². The summed E-state index contributed by atoms with van der Waals surface area (Å²) >= 11 is 0. The number of sulfone groups is 1. The summed E-state index contributed by atoms with van der Waals surface area (Å²) in [5.41, 5.74) is 2.47. The van der Waals surface area contributed by atoms with Crippen molar-refractivity contribution in [1.29, 1.82) is 0 Å². The van der Waals surface area contributed by atoms with Crippen molar-refractivity contribution in [1.82, 2.24) is 10.6 Å². The Bertz CT molecular complexity index is 729. The maximum atomic E-state index is 11.6. The monoisotopic (exact) mass is 506 g/mol. The quantitative estimate of drug-likeness (QED) is 0.373. The van der Waals surface area contributed by atoms with Gasteiger partial charge in [0.2, 0.25) is 0 Å². The van der Waals surface area contributed by atoms with Gasteiger partial charge >= 0.3 is 0 Å². The van der Waals surface area contributed by atoms with E-state index in [4.69, 9.17) is 0 Å². The number of hydrogen-bond donors (Lipinski definition) is 2. The fourth-order valence-electron chi connectivity index (χ4n) is 3.57. The van der Waals surface area contributed by atoms with Crippen molar-refractivity contribution in [2.45, 2.75) is 38.8 Å². The Morgan fingerprint density at radius 2 is 1.85 bits per heavy atom. The smallest absolute Gasteiger partial charge is 0.191 e. The Labute approximate surface area is 180 Å². The van der Waals surface area contributed by atoms with Gasteiger partial charge in [0.15, 0.2) is 15.8 Å². The SMILES string of the molecule is CN=C(NCc1ccc(N2CCC(C)CC2)cc1)NC1CCS(=O)(=O)C1.I. The molecular formula is C19H31IN4O2S. The number of guanidine groups is 1. The number of rotatable bonds is 4. The number of hydrogen-bond acceptors (Lipinski definition) is 4. The molecule has 6 nitrogen and oxygen atoms in total. The average Bonchev–Trinajstić information content (AvgIpc) is 2.98. The van der Waals surface area contributed by atoms with Crippen molar-refractivity contribution in [3.63, 3.8) is 0 Å². The number of anilines is 1. The van der Waals surface area contributed by atoms with Gasteiger partial charge in [0, 0.05) is 38.4 Å². The normalized spacial score (nSPS) is 23.0. The first-order valence-corrected chi connectivity index (χ1v) is 11.3. The molecule has 0 saturated carbocycles. The third-order valence-electron chi connectivity index (χ3n) is 5.34. The van der Waals surface area contributed by atoms with Crippen LogP contribution in [0.15, 0.2) is 29.3 Å². The van der Waals surface area contributed by atoms with E-state index in [0.29, 0.717) is 18.9 Å². The molecule has 1 aromatic carbocycles. The van der Waals surface area contributed by atoms with Crippen molar-refractivity contribution in [3.05, 3.63) is 29.8 Å². The number of aliphatic imine (C=N–C) groups is 1. The molecule has 152 valence electrons. The van der Waals surface area contributed by atoms with Crippen molar-refractivity contribution < 1.29 is 8.42 Å². The van der Waals surface area contributed by atoms with E-state index in [0.717, 1.165) is 19.0 Å². The van der Waals surface area contributed by atoms with Crippen LogP contribution >= 0.6 is 24.0 Å². The summed E-state index contributed by atoms with van der Waals surface area (Å²) in [6, 6.07) is 8.62. The van der Waals surface area contributed by atoms with Crippen molar-refractivity contribution in [3.8, 4) is 0 Å². The molecule has 0 radical (unpaired) electrons. The van der Waals surface area contributed by atoms with E-state index in [1.54, 1.807) is 7.05 Å². The molecule has 2 aliphatic heterocycles. The number of halogens is 1. The first-order valence-electron chi connectivity index (χ1n) is 9.47. The van der Waals surface area contributed by atoms with Crippen molar-refractivity contribution in [2.24, 2.45) is 10.9 Å².